The van der Waals surface area contributed by atoms with Crippen molar-refractivity contribution in [2.45, 2.75) is 39.2 Å². The van der Waals surface area contributed by atoms with Crippen molar-refractivity contribution in [3.63, 3.8) is 0 Å². The highest BCUT2D eigenvalue weighted by Crippen LogP contribution is 1.99. The SMILES string of the molecule is CCOC(=O)CCCC(=O)NC(CS)C(=O)NCC(=O)OCC. The van der Waals surface area contributed by atoms with E-state index in [9.17, 15) is 19.2 Å². The zero-order chi connectivity index (χ0) is 17.7. The molecule has 2 N–H and O–H groups in total. The molecule has 0 spiro atoms. The molecule has 0 radical (unpaired) electrons. The molecule has 2 amide bonds. The third-order valence-corrected chi connectivity index (χ3v) is 3.00. The molecular weight excluding hydrogens is 324 g/mol. The van der Waals surface area contributed by atoms with Crippen LogP contribution < -0.4 is 10.6 Å². The lowest BCUT2D eigenvalue weighted by molar-refractivity contribution is -0.144. The second-order valence-corrected chi connectivity index (χ2v) is 4.85. The molecule has 0 rings (SSSR count). The van der Waals surface area contributed by atoms with Crippen LogP contribution in [0.5, 0.6) is 0 Å². The molecule has 0 saturated heterocycles. The van der Waals surface area contributed by atoms with Gasteiger partial charge in [-0.2, -0.15) is 12.6 Å². The molecular formula is C14H24N2O6S. The lowest BCUT2D eigenvalue weighted by Crippen LogP contribution is -2.49. The van der Waals surface area contributed by atoms with Crippen LogP contribution in [0.25, 0.3) is 0 Å². The van der Waals surface area contributed by atoms with E-state index in [1.165, 1.54) is 0 Å². The first-order valence-corrected chi connectivity index (χ1v) is 8.06. The third kappa shape index (κ3) is 10.6. The maximum atomic E-state index is 11.8. The van der Waals surface area contributed by atoms with E-state index in [4.69, 9.17) is 4.74 Å². The minimum Gasteiger partial charge on any atom is -0.466 e. The summed E-state index contributed by atoms with van der Waals surface area (Å²) in [6.07, 6.45) is 0.560. The topological polar surface area (TPSA) is 111 Å². The molecule has 0 aromatic heterocycles. The number of hydrogen-bond acceptors (Lipinski definition) is 7. The predicted molar refractivity (Wildman–Crippen MR) is 85.9 cm³/mol. The van der Waals surface area contributed by atoms with Crippen molar-refractivity contribution in [3.8, 4) is 0 Å². The number of carbonyl (C=O) groups excluding carboxylic acids is 4. The Morgan fingerprint density at radius 3 is 2.17 bits per heavy atom. The first-order valence-electron chi connectivity index (χ1n) is 7.43. The van der Waals surface area contributed by atoms with Gasteiger partial charge in [0.05, 0.1) is 13.2 Å². The fourth-order valence-electron chi connectivity index (χ4n) is 1.58. The largest absolute Gasteiger partial charge is 0.466 e. The van der Waals surface area contributed by atoms with Crippen LogP contribution in [0.4, 0.5) is 0 Å². The molecule has 0 fully saturated rings. The van der Waals surface area contributed by atoms with Crippen molar-refractivity contribution in [1.82, 2.24) is 10.6 Å². The average molecular weight is 348 g/mol. The Labute approximate surface area is 141 Å². The molecule has 132 valence electrons. The highest BCUT2D eigenvalue weighted by molar-refractivity contribution is 7.80. The molecule has 0 saturated carbocycles. The summed E-state index contributed by atoms with van der Waals surface area (Å²) in [6, 6.07) is -0.858. The summed E-state index contributed by atoms with van der Waals surface area (Å²) < 4.78 is 9.43. The van der Waals surface area contributed by atoms with Gasteiger partial charge in [-0.15, -0.1) is 0 Å². The van der Waals surface area contributed by atoms with E-state index in [-0.39, 0.29) is 43.6 Å². The third-order valence-electron chi connectivity index (χ3n) is 2.64. The van der Waals surface area contributed by atoms with E-state index in [1.54, 1.807) is 13.8 Å². The van der Waals surface area contributed by atoms with E-state index in [1.807, 2.05) is 0 Å². The molecule has 23 heavy (non-hydrogen) atoms. The number of rotatable bonds is 11. The fourth-order valence-corrected chi connectivity index (χ4v) is 1.84. The van der Waals surface area contributed by atoms with Crippen LogP contribution in [0, 0.1) is 0 Å². The number of ether oxygens (including phenoxy) is 2. The smallest absolute Gasteiger partial charge is 0.325 e. The Kier molecular flexibility index (Phi) is 11.8. The summed E-state index contributed by atoms with van der Waals surface area (Å²) in [7, 11) is 0. The molecule has 8 nitrogen and oxygen atoms in total. The van der Waals surface area contributed by atoms with Gasteiger partial charge in [0.2, 0.25) is 11.8 Å². The van der Waals surface area contributed by atoms with Crippen molar-refractivity contribution in [2.24, 2.45) is 0 Å². The molecule has 0 aliphatic rings. The monoisotopic (exact) mass is 348 g/mol. The number of amides is 2. The Hall–Kier alpha value is -1.77. The Balaban J connectivity index is 4.10. The Morgan fingerprint density at radius 1 is 1.00 bits per heavy atom. The van der Waals surface area contributed by atoms with Gasteiger partial charge in [-0.3, -0.25) is 19.2 Å². The van der Waals surface area contributed by atoms with Gasteiger partial charge in [0.25, 0.3) is 0 Å². The van der Waals surface area contributed by atoms with E-state index >= 15 is 0 Å². The van der Waals surface area contributed by atoms with Gasteiger partial charge in [-0.25, -0.2) is 0 Å². The second-order valence-electron chi connectivity index (χ2n) is 4.48. The Bertz CT molecular complexity index is 416. The molecule has 0 aliphatic heterocycles. The van der Waals surface area contributed by atoms with Gasteiger partial charge in [-0.1, -0.05) is 0 Å². The number of thiol groups is 1. The molecule has 0 aromatic carbocycles. The van der Waals surface area contributed by atoms with Crippen LogP contribution in [0.15, 0.2) is 0 Å². The average Bonchev–Trinajstić information content (AvgIpc) is 2.50. The van der Waals surface area contributed by atoms with Crippen molar-refractivity contribution < 1.29 is 28.7 Å². The summed E-state index contributed by atoms with van der Waals surface area (Å²) in [6.45, 7) is 3.62. The summed E-state index contributed by atoms with van der Waals surface area (Å²) in [5.74, 6) is -1.73. The molecule has 0 aliphatic carbocycles. The summed E-state index contributed by atoms with van der Waals surface area (Å²) in [5.41, 5.74) is 0. The number of hydrogen-bond donors (Lipinski definition) is 3. The number of nitrogens with one attached hydrogen (secondary N) is 2. The quantitative estimate of drug-likeness (QED) is 0.353. The van der Waals surface area contributed by atoms with Crippen molar-refractivity contribution >= 4 is 36.4 Å². The maximum absolute atomic E-state index is 11.8. The van der Waals surface area contributed by atoms with Crippen LogP contribution in [-0.2, 0) is 28.7 Å². The maximum Gasteiger partial charge on any atom is 0.325 e. The van der Waals surface area contributed by atoms with Crippen LogP contribution >= 0.6 is 12.6 Å². The highest BCUT2D eigenvalue weighted by atomic mass is 32.1. The fraction of sp³-hybridized carbons (Fsp3) is 0.714. The molecule has 0 aromatic rings. The minimum absolute atomic E-state index is 0.0816. The second kappa shape index (κ2) is 12.7. The van der Waals surface area contributed by atoms with Crippen molar-refractivity contribution in [2.75, 3.05) is 25.5 Å². The van der Waals surface area contributed by atoms with Gasteiger partial charge >= 0.3 is 11.9 Å². The van der Waals surface area contributed by atoms with Gasteiger partial charge in [-0.05, 0) is 20.3 Å². The minimum atomic E-state index is -0.858. The zero-order valence-corrected chi connectivity index (χ0v) is 14.3. The molecule has 1 atom stereocenters. The predicted octanol–water partition coefficient (Wildman–Crippen LogP) is -0.186. The summed E-state index contributed by atoms with van der Waals surface area (Å²) in [5, 5.41) is 4.86. The van der Waals surface area contributed by atoms with Crippen LogP contribution in [-0.4, -0.2) is 55.3 Å². The van der Waals surface area contributed by atoms with Gasteiger partial charge in [0, 0.05) is 18.6 Å². The van der Waals surface area contributed by atoms with E-state index in [0.29, 0.717) is 13.0 Å². The highest BCUT2D eigenvalue weighted by Gasteiger charge is 2.20. The number of carbonyl (C=O) groups is 4. The van der Waals surface area contributed by atoms with Gasteiger partial charge in [0.1, 0.15) is 12.6 Å². The summed E-state index contributed by atoms with van der Waals surface area (Å²) in [4.78, 5) is 45.8. The van der Waals surface area contributed by atoms with Gasteiger partial charge in [0.15, 0.2) is 0 Å². The molecule has 9 heteroatoms. The van der Waals surface area contributed by atoms with E-state index < -0.39 is 17.9 Å². The first kappa shape index (κ1) is 21.2. The number of esters is 2. The first-order chi connectivity index (χ1) is 10.9. The van der Waals surface area contributed by atoms with Crippen LogP contribution in [0.3, 0.4) is 0 Å². The van der Waals surface area contributed by atoms with Gasteiger partial charge < -0.3 is 20.1 Å². The molecule has 0 heterocycles. The van der Waals surface area contributed by atoms with Crippen molar-refractivity contribution in [3.05, 3.63) is 0 Å². The lowest BCUT2D eigenvalue weighted by Gasteiger charge is -2.16. The Morgan fingerprint density at radius 2 is 1.61 bits per heavy atom. The standard InChI is InChI=1S/C14H24N2O6S/c1-3-21-12(18)7-5-6-11(17)16-10(9-23)14(20)15-8-13(19)22-4-2/h10,23H,3-9H2,1-2H3,(H,15,20)(H,16,17). The van der Waals surface area contributed by atoms with E-state index in [2.05, 4.69) is 28.0 Å². The molecule has 0 bridgehead atoms. The van der Waals surface area contributed by atoms with Crippen LogP contribution in [0.2, 0.25) is 0 Å². The summed E-state index contributed by atoms with van der Waals surface area (Å²) >= 11 is 4.00. The normalized spacial score (nSPS) is 11.3. The zero-order valence-electron chi connectivity index (χ0n) is 13.4. The van der Waals surface area contributed by atoms with E-state index in [0.717, 1.165) is 0 Å². The van der Waals surface area contributed by atoms with Crippen molar-refractivity contribution in [1.29, 1.82) is 0 Å². The lowest BCUT2D eigenvalue weighted by atomic mass is 10.2. The molecule has 1 unspecified atom stereocenters. The van der Waals surface area contributed by atoms with Crippen LogP contribution in [0.1, 0.15) is 33.1 Å².